The van der Waals surface area contributed by atoms with Crippen molar-refractivity contribution in [1.82, 2.24) is 15.2 Å². The quantitative estimate of drug-likeness (QED) is 0.608. The van der Waals surface area contributed by atoms with Gasteiger partial charge in [-0.2, -0.15) is 5.10 Å². The van der Waals surface area contributed by atoms with Crippen LogP contribution in [0, 0.1) is 6.92 Å². The number of nitrogens with zero attached hydrogens (tertiary/aromatic N) is 2. The summed E-state index contributed by atoms with van der Waals surface area (Å²) in [6, 6.07) is 2.01. The van der Waals surface area contributed by atoms with Crippen molar-refractivity contribution in [3.05, 3.63) is 41.6 Å². The summed E-state index contributed by atoms with van der Waals surface area (Å²) in [5.41, 5.74) is 5.08. The van der Waals surface area contributed by atoms with Crippen molar-refractivity contribution >= 4 is 0 Å². The van der Waals surface area contributed by atoms with E-state index < -0.39 is 0 Å². The molecular formula is C12H18N4O. The van der Waals surface area contributed by atoms with Gasteiger partial charge in [-0.3, -0.25) is 16.0 Å². The third-order valence-corrected chi connectivity index (χ3v) is 2.93. The molecule has 0 saturated carbocycles. The Labute approximate surface area is 101 Å². The molecule has 1 atom stereocenters. The molecular weight excluding hydrogens is 216 g/mol. The molecule has 0 aromatic carbocycles. The second kappa shape index (κ2) is 5.16. The minimum absolute atomic E-state index is 0.0586. The van der Waals surface area contributed by atoms with E-state index in [1.54, 1.807) is 6.26 Å². The lowest BCUT2D eigenvalue weighted by molar-refractivity contribution is 0.501. The fourth-order valence-corrected chi connectivity index (χ4v) is 1.94. The molecule has 0 aliphatic carbocycles. The Balaban J connectivity index is 2.12. The molecule has 0 radical (unpaired) electrons. The van der Waals surface area contributed by atoms with Crippen LogP contribution < -0.4 is 11.3 Å². The molecule has 5 heteroatoms. The zero-order valence-corrected chi connectivity index (χ0v) is 10.2. The van der Waals surface area contributed by atoms with Crippen molar-refractivity contribution in [3.63, 3.8) is 0 Å². The van der Waals surface area contributed by atoms with Crippen molar-refractivity contribution < 1.29 is 4.42 Å². The van der Waals surface area contributed by atoms with Crippen molar-refractivity contribution in [2.45, 2.75) is 32.9 Å². The number of nitrogens with two attached hydrogens (primary N) is 1. The van der Waals surface area contributed by atoms with Gasteiger partial charge in [-0.15, -0.1) is 0 Å². The summed E-state index contributed by atoms with van der Waals surface area (Å²) >= 11 is 0. The molecule has 2 rings (SSSR count). The first-order valence-corrected chi connectivity index (χ1v) is 5.76. The van der Waals surface area contributed by atoms with E-state index in [1.807, 2.05) is 30.1 Å². The van der Waals surface area contributed by atoms with Gasteiger partial charge < -0.3 is 4.42 Å². The number of aromatic nitrogens is 2. The largest absolute Gasteiger partial charge is 0.469 e. The molecule has 0 spiro atoms. The molecule has 2 aromatic heterocycles. The van der Waals surface area contributed by atoms with E-state index in [2.05, 4.69) is 17.4 Å². The van der Waals surface area contributed by atoms with Crippen molar-refractivity contribution in [1.29, 1.82) is 0 Å². The molecule has 1 unspecified atom stereocenters. The number of furan rings is 1. The monoisotopic (exact) mass is 234 g/mol. The van der Waals surface area contributed by atoms with Crippen LogP contribution in [-0.2, 0) is 13.0 Å². The number of aryl methyl sites for hydroxylation is 2. The first-order chi connectivity index (χ1) is 8.24. The highest BCUT2D eigenvalue weighted by Crippen LogP contribution is 2.21. The molecule has 92 valence electrons. The first-order valence-electron chi connectivity index (χ1n) is 5.76. The molecule has 0 amide bonds. The van der Waals surface area contributed by atoms with E-state index >= 15 is 0 Å². The summed E-state index contributed by atoms with van der Waals surface area (Å²) in [6.45, 7) is 4.89. The Morgan fingerprint density at radius 2 is 2.41 bits per heavy atom. The standard InChI is InChI=1S/C12H18N4O/c1-3-16-8-10(7-14-16)6-12(15-13)11-4-5-17-9(11)2/h4-5,7-8,12,15H,3,6,13H2,1-2H3. The Kier molecular flexibility index (Phi) is 3.61. The lowest BCUT2D eigenvalue weighted by Gasteiger charge is -2.13. The van der Waals surface area contributed by atoms with E-state index in [0.717, 1.165) is 29.9 Å². The molecule has 0 aliphatic heterocycles. The molecule has 0 fully saturated rings. The van der Waals surface area contributed by atoms with Gasteiger partial charge in [0, 0.05) is 18.3 Å². The van der Waals surface area contributed by atoms with Crippen LogP contribution in [0.5, 0.6) is 0 Å². The second-order valence-electron chi connectivity index (χ2n) is 4.06. The molecule has 3 N–H and O–H groups in total. The summed E-state index contributed by atoms with van der Waals surface area (Å²) in [5.74, 6) is 6.50. The molecule has 2 aromatic rings. The Morgan fingerprint density at radius 3 is 2.94 bits per heavy atom. The SMILES string of the molecule is CCn1cc(CC(NN)c2ccoc2C)cn1. The number of hydrazine groups is 1. The predicted molar refractivity (Wildman–Crippen MR) is 65.1 cm³/mol. The van der Waals surface area contributed by atoms with Crippen molar-refractivity contribution in [2.75, 3.05) is 0 Å². The fraction of sp³-hybridized carbons (Fsp3) is 0.417. The predicted octanol–water partition coefficient (Wildman–Crippen LogP) is 1.55. The first kappa shape index (κ1) is 11.9. The Bertz CT molecular complexity index is 474. The summed E-state index contributed by atoms with van der Waals surface area (Å²) in [5, 5.41) is 4.25. The Hall–Kier alpha value is -1.59. The average Bonchev–Trinajstić information content (AvgIpc) is 2.95. The van der Waals surface area contributed by atoms with Crippen LogP contribution in [0.1, 0.15) is 29.9 Å². The van der Waals surface area contributed by atoms with E-state index in [0.29, 0.717) is 0 Å². The van der Waals surface area contributed by atoms with Crippen molar-refractivity contribution in [2.24, 2.45) is 5.84 Å². The van der Waals surface area contributed by atoms with Gasteiger partial charge in [0.25, 0.3) is 0 Å². The lowest BCUT2D eigenvalue weighted by atomic mass is 10.0. The fourth-order valence-electron chi connectivity index (χ4n) is 1.94. The average molecular weight is 234 g/mol. The summed E-state index contributed by atoms with van der Waals surface area (Å²) in [6.07, 6.45) is 6.41. The van der Waals surface area contributed by atoms with Crippen LogP contribution in [0.15, 0.2) is 29.1 Å². The van der Waals surface area contributed by atoms with Gasteiger partial charge >= 0.3 is 0 Å². The van der Waals surface area contributed by atoms with E-state index in [-0.39, 0.29) is 6.04 Å². The van der Waals surface area contributed by atoms with Crippen LogP contribution in [0.2, 0.25) is 0 Å². The highest BCUT2D eigenvalue weighted by molar-refractivity contribution is 5.22. The molecule has 17 heavy (non-hydrogen) atoms. The van der Waals surface area contributed by atoms with Gasteiger partial charge in [0.05, 0.1) is 18.5 Å². The van der Waals surface area contributed by atoms with Gasteiger partial charge in [0.1, 0.15) is 5.76 Å². The van der Waals surface area contributed by atoms with Gasteiger partial charge in [0.15, 0.2) is 0 Å². The molecule has 2 heterocycles. The molecule has 0 aliphatic rings. The number of hydrogen-bond donors (Lipinski definition) is 2. The zero-order valence-electron chi connectivity index (χ0n) is 10.2. The maximum Gasteiger partial charge on any atom is 0.105 e. The Morgan fingerprint density at radius 1 is 1.59 bits per heavy atom. The summed E-state index contributed by atoms with van der Waals surface area (Å²) in [7, 11) is 0. The highest BCUT2D eigenvalue weighted by Gasteiger charge is 2.15. The number of hydrogen-bond acceptors (Lipinski definition) is 4. The summed E-state index contributed by atoms with van der Waals surface area (Å²) < 4.78 is 7.20. The van der Waals surface area contributed by atoms with Crippen LogP contribution in [-0.4, -0.2) is 9.78 Å². The second-order valence-corrected chi connectivity index (χ2v) is 4.06. The molecule has 0 bridgehead atoms. The van der Waals surface area contributed by atoms with Crippen LogP contribution in [0.3, 0.4) is 0 Å². The number of nitrogens with one attached hydrogen (secondary N) is 1. The summed E-state index contributed by atoms with van der Waals surface area (Å²) in [4.78, 5) is 0. The third kappa shape index (κ3) is 2.57. The molecule has 0 saturated heterocycles. The molecule has 5 nitrogen and oxygen atoms in total. The van der Waals surface area contributed by atoms with E-state index in [4.69, 9.17) is 10.3 Å². The maximum atomic E-state index is 5.60. The minimum Gasteiger partial charge on any atom is -0.469 e. The van der Waals surface area contributed by atoms with Gasteiger partial charge in [-0.25, -0.2) is 0 Å². The lowest BCUT2D eigenvalue weighted by Crippen LogP contribution is -2.29. The minimum atomic E-state index is 0.0586. The third-order valence-electron chi connectivity index (χ3n) is 2.93. The van der Waals surface area contributed by atoms with E-state index in [1.165, 1.54) is 0 Å². The zero-order chi connectivity index (χ0) is 12.3. The van der Waals surface area contributed by atoms with Crippen LogP contribution in [0.25, 0.3) is 0 Å². The smallest absolute Gasteiger partial charge is 0.105 e. The van der Waals surface area contributed by atoms with Crippen molar-refractivity contribution in [3.8, 4) is 0 Å². The van der Waals surface area contributed by atoms with E-state index in [9.17, 15) is 0 Å². The number of rotatable bonds is 5. The van der Waals surface area contributed by atoms with Gasteiger partial charge in [0.2, 0.25) is 0 Å². The topological polar surface area (TPSA) is 69.0 Å². The van der Waals surface area contributed by atoms with Gasteiger partial charge in [-0.05, 0) is 31.9 Å². The van der Waals surface area contributed by atoms with Crippen LogP contribution >= 0.6 is 0 Å². The normalized spacial score (nSPS) is 12.9. The highest BCUT2D eigenvalue weighted by atomic mass is 16.3. The van der Waals surface area contributed by atoms with Crippen LogP contribution in [0.4, 0.5) is 0 Å². The maximum absolute atomic E-state index is 5.60. The van der Waals surface area contributed by atoms with Gasteiger partial charge in [-0.1, -0.05) is 0 Å².